The Morgan fingerprint density at radius 2 is 2.20 bits per heavy atom. The lowest BCUT2D eigenvalue weighted by Crippen LogP contribution is -2.39. The molecule has 0 unspecified atom stereocenters. The monoisotopic (exact) mass is 420 g/mol. The third kappa shape index (κ3) is 5.48. The highest BCUT2D eigenvalue weighted by molar-refractivity contribution is 7.09. The fourth-order valence-corrected chi connectivity index (χ4v) is 4.13. The Labute approximate surface area is 179 Å². The largest absolute Gasteiger partial charge is 0.339 e. The lowest BCUT2D eigenvalue weighted by Gasteiger charge is -2.32. The molecule has 4 heterocycles. The molecule has 1 atom stereocenters. The number of rotatable bonds is 6. The van der Waals surface area contributed by atoms with E-state index in [1.807, 2.05) is 47.5 Å². The summed E-state index contributed by atoms with van der Waals surface area (Å²) in [6.07, 6.45) is 8.08. The van der Waals surface area contributed by atoms with Crippen molar-refractivity contribution in [1.29, 1.82) is 0 Å². The molecule has 1 aliphatic rings. The van der Waals surface area contributed by atoms with Crippen molar-refractivity contribution in [3.8, 4) is 0 Å². The lowest BCUT2D eigenvalue weighted by molar-refractivity contribution is -0.127. The molecule has 1 saturated heterocycles. The molecule has 3 aromatic rings. The van der Waals surface area contributed by atoms with Gasteiger partial charge in [-0.1, -0.05) is 6.07 Å². The number of aromatic nitrogens is 4. The highest BCUT2D eigenvalue weighted by atomic mass is 32.1. The molecule has 8 heteroatoms. The van der Waals surface area contributed by atoms with Gasteiger partial charge in [-0.15, -0.1) is 16.4 Å². The number of amides is 1. The van der Waals surface area contributed by atoms with E-state index in [2.05, 4.69) is 25.5 Å². The molecule has 0 bridgehead atoms. The Balaban J connectivity index is 1.31. The summed E-state index contributed by atoms with van der Waals surface area (Å²) in [7, 11) is 0. The van der Waals surface area contributed by atoms with E-state index in [1.54, 1.807) is 29.7 Å². The zero-order valence-electron chi connectivity index (χ0n) is 16.9. The van der Waals surface area contributed by atoms with Gasteiger partial charge in [-0.25, -0.2) is 9.97 Å². The predicted molar refractivity (Wildman–Crippen MR) is 118 cm³/mol. The summed E-state index contributed by atoms with van der Waals surface area (Å²) in [6.45, 7) is 3.51. The Bertz CT molecular complexity index is 1000. The SMILES string of the molecule is Cc1nc(/C=C/C(=O)N2CCC[C@H](Cc3ccc(Nc4ccccn4)nn3)C2)cs1. The average Bonchev–Trinajstić information content (AvgIpc) is 3.19. The van der Waals surface area contributed by atoms with E-state index in [-0.39, 0.29) is 5.91 Å². The number of carbonyl (C=O) groups is 1. The Morgan fingerprint density at radius 3 is 2.93 bits per heavy atom. The van der Waals surface area contributed by atoms with Crippen molar-refractivity contribution in [2.75, 3.05) is 18.4 Å². The number of nitrogens with zero attached hydrogens (tertiary/aromatic N) is 5. The van der Waals surface area contributed by atoms with Gasteiger partial charge in [-0.05, 0) is 62.4 Å². The van der Waals surface area contributed by atoms with Crippen molar-refractivity contribution in [1.82, 2.24) is 25.1 Å². The molecule has 30 heavy (non-hydrogen) atoms. The van der Waals surface area contributed by atoms with Gasteiger partial charge in [-0.3, -0.25) is 4.79 Å². The van der Waals surface area contributed by atoms with Gasteiger partial charge in [-0.2, -0.15) is 5.10 Å². The molecule has 0 saturated carbocycles. The van der Waals surface area contributed by atoms with Gasteiger partial charge in [0.25, 0.3) is 0 Å². The van der Waals surface area contributed by atoms with Crippen LogP contribution in [0.2, 0.25) is 0 Å². The van der Waals surface area contributed by atoms with Crippen LogP contribution < -0.4 is 5.32 Å². The number of piperidine rings is 1. The van der Waals surface area contributed by atoms with Crippen LogP contribution in [0.15, 0.2) is 48.0 Å². The number of pyridine rings is 1. The number of nitrogens with one attached hydrogen (secondary N) is 1. The van der Waals surface area contributed by atoms with Gasteiger partial charge in [0, 0.05) is 30.7 Å². The number of aryl methyl sites for hydroxylation is 1. The summed E-state index contributed by atoms with van der Waals surface area (Å²) in [5.41, 5.74) is 1.78. The van der Waals surface area contributed by atoms with Crippen LogP contribution in [-0.4, -0.2) is 44.1 Å². The van der Waals surface area contributed by atoms with E-state index < -0.39 is 0 Å². The fourth-order valence-electron chi connectivity index (χ4n) is 3.55. The predicted octanol–water partition coefficient (Wildman–Crippen LogP) is 3.87. The van der Waals surface area contributed by atoms with Crippen LogP contribution in [0.4, 0.5) is 11.6 Å². The molecule has 1 fully saturated rings. The molecule has 4 rings (SSSR count). The molecule has 7 nitrogen and oxygen atoms in total. The average molecular weight is 421 g/mol. The first kappa shape index (κ1) is 20.2. The lowest BCUT2D eigenvalue weighted by atomic mass is 9.93. The first-order valence-electron chi connectivity index (χ1n) is 10.1. The molecule has 1 N–H and O–H groups in total. The smallest absolute Gasteiger partial charge is 0.246 e. The fraction of sp³-hybridized carbons (Fsp3) is 0.318. The number of carbonyl (C=O) groups excluding carboxylic acids is 1. The van der Waals surface area contributed by atoms with Crippen LogP contribution in [0.25, 0.3) is 6.08 Å². The molecule has 154 valence electrons. The van der Waals surface area contributed by atoms with Crippen LogP contribution in [0.5, 0.6) is 0 Å². The summed E-state index contributed by atoms with van der Waals surface area (Å²) in [5, 5.41) is 14.7. The van der Waals surface area contributed by atoms with Crippen LogP contribution in [-0.2, 0) is 11.2 Å². The first-order chi connectivity index (χ1) is 14.7. The molecular formula is C22H24N6OS. The summed E-state index contributed by atoms with van der Waals surface area (Å²) in [5.74, 6) is 1.84. The van der Waals surface area contributed by atoms with Gasteiger partial charge in [0.2, 0.25) is 5.91 Å². The minimum atomic E-state index is 0.0475. The van der Waals surface area contributed by atoms with Crippen LogP contribution in [0, 0.1) is 12.8 Å². The van der Waals surface area contributed by atoms with E-state index in [4.69, 9.17) is 0 Å². The summed E-state index contributed by atoms with van der Waals surface area (Å²) < 4.78 is 0. The zero-order valence-corrected chi connectivity index (χ0v) is 17.7. The van der Waals surface area contributed by atoms with Gasteiger partial charge >= 0.3 is 0 Å². The van der Waals surface area contributed by atoms with Gasteiger partial charge in [0.1, 0.15) is 5.82 Å². The molecule has 3 aromatic heterocycles. The van der Waals surface area contributed by atoms with Crippen molar-refractivity contribution in [2.45, 2.75) is 26.2 Å². The molecular weight excluding hydrogens is 396 g/mol. The minimum Gasteiger partial charge on any atom is -0.339 e. The van der Waals surface area contributed by atoms with Crippen LogP contribution in [0.1, 0.15) is 29.2 Å². The molecule has 1 amide bonds. The van der Waals surface area contributed by atoms with E-state index in [0.717, 1.165) is 54.6 Å². The van der Waals surface area contributed by atoms with Crippen molar-refractivity contribution in [2.24, 2.45) is 5.92 Å². The van der Waals surface area contributed by atoms with Crippen molar-refractivity contribution < 1.29 is 4.79 Å². The van der Waals surface area contributed by atoms with Crippen molar-refractivity contribution in [3.05, 3.63) is 64.4 Å². The van der Waals surface area contributed by atoms with E-state index >= 15 is 0 Å². The maximum Gasteiger partial charge on any atom is 0.246 e. The van der Waals surface area contributed by atoms with Crippen molar-refractivity contribution in [3.63, 3.8) is 0 Å². The summed E-state index contributed by atoms with van der Waals surface area (Å²) in [4.78, 5) is 23.1. The Morgan fingerprint density at radius 1 is 1.27 bits per heavy atom. The van der Waals surface area contributed by atoms with Crippen molar-refractivity contribution >= 4 is 35.0 Å². The molecule has 0 aliphatic carbocycles. The molecule has 0 spiro atoms. The van der Waals surface area contributed by atoms with E-state index in [9.17, 15) is 4.79 Å². The molecule has 1 aliphatic heterocycles. The normalized spacial score (nSPS) is 16.7. The second kappa shape index (κ2) is 9.58. The maximum atomic E-state index is 12.6. The number of anilines is 2. The van der Waals surface area contributed by atoms with Crippen LogP contribution >= 0.6 is 11.3 Å². The minimum absolute atomic E-state index is 0.0475. The standard InChI is InChI=1S/C22H24N6OS/c1-16-24-19(15-30-16)8-10-22(29)28-12-4-5-17(14-28)13-18-7-9-21(27-26-18)25-20-6-2-3-11-23-20/h2-3,6-11,15,17H,4-5,12-14H2,1H3,(H,23,25,27)/b10-8+/t17-/m1/s1. The zero-order chi connectivity index (χ0) is 20.8. The van der Waals surface area contributed by atoms with Gasteiger partial charge in [0.15, 0.2) is 5.82 Å². The Kier molecular flexibility index (Phi) is 6.44. The maximum absolute atomic E-state index is 12.6. The van der Waals surface area contributed by atoms with Gasteiger partial charge in [0.05, 0.1) is 16.4 Å². The number of thiazole rings is 1. The van der Waals surface area contributed by atoms with Gasteiger partial charge < -0.3 is 10.2 Å². The van der Waals surface area contributed by atoms with E-state index in [0.29, 0.717) is 11.7 Å². The highest BCUT2D eigenvalue weighted by Gasteiger charge is 2.23. The quantitative estimate of drug-likeness (QED) is 0.610. The molecule has 0 aromatic carbocycles. The first-order valence-corrected chi connectivity index (χ1v) is 10.9. The van der Waals surface area contributed by atoms with Crippen LogP contribution in [0.3, 0.4) is 0 Å². The number of hydrogen-bond acceptors (Lipinski definition) is 7. The number of likely N-dealkylation sites (tertiary alicyclic amines) is 1. The third-order valence-electron chi connectivity index (χ3n) is 5.00. The second-order valence-electron chi connectivity index (χ2n) is 7.37. The topological polar surface area (TPSA) is 83.9 Å². The Hall–Kier alpha value is -3.13. The second-order valence-corrected chi connectivity index (χ2v) is 8.43. The highest BCUT2D eigenvalue weighted by Crippen LogP contribution is 2.21. The van der Waals surface area contributed by atoms with E-state index in [1.165, 1.54) is 0 Å². The number of hydrogen-bond donors (Lipinski definition) is 1. The summed E-state index contributed by atoms with van der Waals surface area (Å²) in [6, 6.07) is 9.58. The molecule has 0 radical (unpaired) electrons. The summed E-state index contributed by atoms with van der Waals surface area (Å²) >= 11 is 1.59. The third-order valence-corrected chi connectivity index (χ3v) is 5.79.